The van der Waals surface area contributed by atoms with E-state index < -0.39 is 0 Å². The van der Waals surface area contributed by atoms with Gasteiger partial charge in [-0.2, -0.15) is 0 Å². The standard InChI is InChI=1S/C15H23FN2O2/c1-3-7-18(11-15(19)20-4-2)10-12-5-6-14(16)13(8-12)9-17/h5-6,8H,3-4,7,9-11,17H2,1-2H3. The van der Waals surface area contributed by atoms with Crippen LogP contribution in [0.2, 0.25) is 0 Å². The summed E-state index contributed by atoms with van der Waals surface area (Å²) in [5.74, 6) is -0.522. The molecule has 1 rings (SSSR count). The highest BCUT2D eigenvalue weighted by molar-refractivity contribution is 5.71. The van der Waals surface area contributed by atoms with Gasteiger partial charge < -0.3 is 10.5 Å². The molecular formula is C15H23FN2O2. The molecule has 0 aliphatic rings. The van der Waals surface area contributed by atoms with Gasteiger partial charge in [-0.05, 0) is 31.5 Å². The molecule has 2 N–H and O–H groups in total. The number of halogens is 1. The van der Waals surface area contributed by atoms with E-state index in [1.165, 1.54) is 6.07 Å². The number of carbonyl (C=O) groups is 1. The fourth-order valence-corrected chi connectivity index (χ4v) is 2.06. The number of hydrogen-bond donors (Lipinski definition) is 1. The minimum Gasteiger partial charge on any atom is -0.465 e. The molecule has 0 aliphatic heterocycles. The second kappa shape index (κ2) is 8.66. The SMILES string of the molecule is CCCN(CC(=O)OCC)Cc1ccc(F)c(CN)c1. The number of nitrogens with two attached hydrogens (primary N) is 1. The quantitative estimate of drug-likeness (QED) is 0.742. The average molecular weight is 282 g/mol. The highest BCUT2D eigenvalue weighted by Crippen LogP contribution is 2.12. The van der Waals surface area contributed by atoms with Crippen molar-refractivity contribution in [2.24, 2.45) is 5.73 Å². The fourth-order valence-electron chi connectivity index (χ4n) is 2.06. The third kappa shape index (κ3) is 5.27. The van der Waals surface area contributed by atoms with Gasteiger partial charge >= 0.3 is 5.97 Å². The van der Waals surface area contributed by atoms with Crippen LogP contribution < -0.4 is 5.73 Å². The van der Waals surface area contributed by atoms with Gasteiger partial charge in [0.05, 0.1) is 13.2 Å². The van der Waals surface area contributed by atoms with Crippen LogP contribution in [0, 0.1) is 5.82 Å². The number of esters is 1. The Balaban J connectivity index is 2.71. The van der Waals surface area contributed by atoms with Crippen LogP contribution in [-0.2, 0) is 22.6 Å². The molecule has 20 heavy (non-hydrogen) atoms. The van der Waals surface area contributed by atoms with Crippen molar-refractivity contribution in [1.29, 1.82) is 0 Å². The van der Waals surface area contributed by atoms with Crippen molar-refractivity contribution in [3.05, 3.63) is 35.1 Å². The van der Waals surface area contributed by atoms with Gasteiger partial charge in [0.15, 0.2) is 0 Å². The summed E-state index contributed by atoms with van der Waals surface area (Å²) in [5, 5.41) is 0. The van der Waals surface area contributed by atoms with E-state index in [1.807, 2.05) is 11.8 Å². The highest BCUT2D eigenvalue weighted by Gasteiger charge is 2.12. The topological polar surface area (TPSA) is 55.6 Å². The predicted molar refractivity (Wildman–Crippen MR) is 76.5 cm³/mol. The van der Waals surface area contributed by atoms with Crippen LogP contribution >= 0.6 is 0 Å². The molecule has 5 heteroatoms. The molecule has 0 unspecified atom stereocenters. The minimum atomic E-state index is -0.288. The molecule has 0 bridgehead atoms. The Kier molecular flexibility index (Phi) is 7.18. The van der Waals surface area contributed by atoms with Gasteiger partial charge in [-0.15, -0.1) is 0 Å². The van der Waals surface area contributed by atoms with Crippen molar-refractivity contribution in [1.82, 2.24) is 4.90 Å². The van der Waals surface area contributed by atoms with Crippen molar-refractivity contribution in [3.63, 3.8) is 0 Å². The van der Waals surface area contributed by atoms with Gasteiger partial charge in [0.2, 0.25) is 0 Å². The van der Waals surface area contributed by atoms with E-state index >= 15 is 0 Å². The molecule has 0 fully saturated rings. The van der Waals surface area contributed by atoms with E-state index in [4.69, 9.17) is 10.5 Å². The molecule has 0 spiro atoms. The summed E-state index contributed by atoms with van der Waals surface area (Å²) in [6.07, 6.45) is 0.935. The lowest BCUT2D eigenvalue weighted by Gasteiger charge is -2.21. The first-order valence-corrected chi connectivity index (χ1v) is 6.96. The number of carbonyl (C=O) groups excluding carboxylic acids is 1. The normalized spacial score (nSPS) is 10.8. The summed E-state index contributed by atoms with van der Waals surface area (Å²) >= 11 is 0. The first kappa shape index (κ1) is 16.6. The lowest BCUT2D eigenvalue weighted by Crippen LogP contribution is -2.31. The first-order chi connectivity index (χ1) is 9.60. The zero-order valence-corrected chi connectivity index (χ0v) is 12.2. The van der Waals surface area contributed by atoms with Crippen molar-refractivity contribution in [2.75, 3.05) is 19.7 Å². The van der Waals surface area contributed by atoms with E-state index in [2.05, 4.69) is 0 Å². The summed E-state index contributed by atoms with van der Waals surface area (Å²) in [7, 11) is 0. The molecule has 112 valence electrons. The fraction of sp³-hybridized carbons (Fsp3) is 0.533. The van der Waals surface area contributed by atoms with E-state index in [9.17, 15) is 9.18 Å². The Morgan fingerprint density at radius 3 is 2.75 bits per heavy atom. The summed E-state index contributed by atoms with van der Waals surface area (Å²) in [6.45, 7) is 6.01. The van der Waals surface area contributed by atoms with Gasteiger partial charge in [0, 0.05) is 18.7 Å². The van der Waals surface area contributed by atoms with Gasteiger partial charge in [-0.25, -0.2) is 4.39 Å². The third-order valence-electron chi connectivity index (χ3n) is 2.93. The maximum absolute atomic E-state index is 13.4. The van der Waals surface area contributed by atoms with Crippen LogP contribution in [0.3, 0.4) is 0 Å². The molecule has 1 aromatic rings. The van der Waals surface area contributed by atoms with E-state index in [-0.39, 0.29) is 24.9 Å². The van der Waals surface area contributed by atoms with Crippen molar-refractivity contribution < 1.29 is 13.9 Å². The molecule has 0 heterocycles. The van der Waals surface area contributed by atoms with Crippen molar-refractivity contribution >= 4 is 5.97 Å². The molecule has 0 atom stereocenters. The van der Waals surface area contributed by atoms with Crippen LogP contribution in [0.25, 0.3) is 0 Å². The second-order valence-corrected chi connectivity index (χ2v) is 4.65. The summed E-state index contributed by atoms with van der Waals surface area (Å²) in [4.78, 5) is 13.5. The molecule has 0 amide bonds. The summed E-state index contributed by atoms with van der Waals surface area (Å²) in [6, 6.07) is 4.90. The highest BCUT2D eigenvalue weighted by atomic mass is 19.1. The second-order valence-electron chi connectivity index (χ2n) is 4.65. The number of benzene rings is 1. The summed E-state index contributed by atoms with van der Waals surface area (Å²) in [5.41, 5.74) is 6.95. The van der Waals surface area contributed by atoms with Crippen LogP contribution in [0.4, 0.5) is 4.39 Å². The molecule has 0 aliphatic carbocycles. The molecule has 0 radical (unpaired) electrons. The van der Waals surface area contributed by atoms with Gasteiger partial charge in [0.25, 0.3) is 0 Å². The van der Waals surface area contributed by atoms with Crippen LogP contribution in [0.15, 0.2) is 18.2 Å². The zero-order valence-electron chi connectivity index (χ0n) is 12.2. The number of rotatable bonds is 8. The molecule has 1 aromatic carbocycles. The van der Waals surface area contributed by atoms with Crippen LogP contribution in [0.1, 0.15) is 31.4 Å². The number of nitrogens with zero attached hydrogens (tertiary/aromatic N) is 1. The van der Waals surface area contributed by atoms with Crippen LogP contribution in [-0.4, -0.2) is 30.6 Å². The van der Waals surface area contributed by atoms with Gasteiger partial charge in [0.1, 0.15) is 5.82 Å². The molecule has 0 saturated heterocycles. The lowest BCUT2D eigenvalue weighted by atomic mass is 10.1. The predicted octanol–water partition coefficient (Wildman–Crippen LogP) is 2.06. The lowest BCUT2D eigenvalue weighted by molar-refractivity contribution is -0.144. The Bertz CT molecular complexity index is 438. The summed E-state index contributed by atoms with van der Waals surface area (Å²) < 4.78 is 18.4. The Morgan fingerprint density at radius 1 is 1.40 bits per heavy atom. The van der Waals surface area contributed by atoms with Crippen LogP contribution in [0.5, 0.6) is 0 Å². The Hall–Kier alpha value is -1.46. The maximum Gasteiger partial charge on any atom is 0.320 e. The Labute approximate surface area is 119 Å². The van der Waals surface area contributed by atoms with E-state index in [0.717, 1.165) is 18.5 Å². The monoisotopic (exact) mass is 282 g/mol. The number of ether oxygens (including phenoxy) is 1. The van der Waals surface area contributed by atoms with Gasteiger partial charge in [-0.1, -0.05) is 19.1 Å². The molecular weight excluding hydrogens is 259 g/mol. The smallest absolute Gasteiger partial charge is 0.320 e. The third-order valence-corrected chi connectivity index (χ3v) is 2.93. The van der Waals surface area contributed by atoms with Crippen molar-refractivity contribution in [3.8, 4) is 0 Å². The van der Waals surface area contributed by atoms with Crippen molar-refractivity contribution in [2.45, 2.75) is 33.4 Å². The van der Waals surface area contributed by atoms with E-state index in [0.29, 0.717) is 18.7 Å². The Morgan fingerprint density at radius 2 is 2.15 bits per heavy atom. The zero-order chi connectivity index (χ0) is 15.0. The molecule has 0 aromatic heterocycles. The minimum absolute atomic E-state index is 0.172. The average Bonchev–Trinajstić information content (AvgIpc) is 2.41. The molecule has 4 nitrogen and oxygen atoms in total. The van der Waals surface area contributed by atoms with Gasteiger partial charge in [-0.3, -0.25) is 9.69 Å². The molecule has 0 saturated carbocycles. The number of hydrogen-bond acceptors (Lipinski definition) is 4. The first-order valence-electron chi connectivity index (χ1n) is 6.96. The van der Waals surface area contributed by atoms with E-state index in [1.54, 1.807) is 19.1 Å². The maximum atomic E-state index is 13.4. The largest absolute Gasteiger partial charge is 0.465 e.